The van der Waals surface area contributed by atoms with Gasteiger partial charge in [0.2, 0.25) is 5.95 Å². The average molecular weight is 363 g/mol. The highest BCUT2D eigenvalue weighted by Crippen LogP contribution is 2.47. The molecule has 26 heavy (non-hydrogen) atoms. The van der Waals surface area contributed by atoms with Crippen LogP contribution in [0.1, 0.15) is 42.5 Å². The topological polar surface area (TPSA) is 91.5 Å². The summed E-state index contributed by atoms with van der Waals surface area (Å²) in [6.45, 7) is 0. The Kier molecular flexibility index (Phi) is 3.75. The summed E-state index contributed by atoms with van der Waals surface area (Å²) in [7, 11) is 1.38. The number of rotatable bonds is 5. The van der Waals surface area contributed by atoms with Crippen molar-refractivity contribution in [2.24, 2.45) is 5.92 Å². The van der Waals surface area contributed by atoms with E-state index in [-0.39, 0.29) is 23.7 Å². The van der Waals surface area contributed by atoms with Crippen LogP contribution in [0.25, 0.3) is 0 Å². The molecule has 2 aromatic rings. The van der Waals surface area contributed by atoms with Crippen molar-refractivity contribution in [2.45, 2.75) is 37.4 Å². The Morgan fingerprint density at radius 1 is 1.35 bits per heavy atom. The molecule has 2 atom stereocenters. The van der Waals surface area contributed by atoms with Gasteiger partial charge >= 0.3 is 6.18 Å². The van der Waals surface area contributed by atoms with Crippen molar-refractivity contribution in [3.63, 3.8) is 0 Å². The number of nitrogens with one attached hydrogen (secondary N) is 2. The van der Waals surface area contributed by atoms with E-state index < -0.39 is 11.7 Å². The van der Waals surface area contributed by atoms with Crippen LogP contribution in [0.15, 0.2) is 12.4 Å². The molecule has 0 spiro atoms. The first-order valence-electron chi connectivity index (χ1n) is 8.28. The largest absolute Gasteiger partial charge is 0.421 e. The van der Waals surface area contributed by atoms with Crippen LogP contribution in [0.5, 0.6) is 0 Å². The number of nitriles is 1. The second kappa shape index (κ2) is 5.86. The van der Waals surface area contributed by atoms with Gasteiger partial charge in [-0.2, -0.15) is 28.5 Å². The van der Waals surface area contributed by atoms with Gasteiger partial charge in [0.05, 0.1) is 29.4 Å². The summed E-state index contributed by atoms with van der Waals surface area (Å²) in [4.78, 5) is 7.73. The zero-order valence-electron chi connectivity index (χ0n) is 13.9. The number of anilines is 3. The molecule has 2 heterocycles. The van der Waals surface area contributed by atoms with Gasteiger partial charge in [-0.15, -0.1) is 0 Å². The van der Waals surface area contributed by atoms with Gasteiger partial charge in [-0.05, 0) is 19.3 Å². The Balaban J connectivity index is 1.62. The van der Waals surface area contributed by atoms with E-state index in [0.29, 0.717) is 11.6 Å². The molecule has 2 aliphatic carbocycles. The lowest BCUT2D eigenvalue weighted by molar-refractivity contribution is -0.137. The molecule has 0 amide bonds. The quantitative estimate of drug-likeness (QED) is 0.846. The van der Waals surface area contributed by atoms with E-state index in [1.165, 1.54) is 7.05 Å². The molecule has 0 aromatic carbocycles. The summed E-state index contributed by atoms with van der Waals surface area (Å²) < 4.78 is 40.7. The van der Waals surface area contributed by atoms with E-state index in [2.05, 4.69) is 31.8 Å². The Labute approximate surface area is 147 Å². The fourth-order valence-corrected chi connectivity index (χ4v) is 2.90. The van der Waals surface area contributed by atoms with Crippen molar-refractivity contribution in [1.29, 1.82) is 5.26 Å². The highest BCUT2D eigenvalue weighted by molar-refractivity contribution is 5.59. The summed E-state index contributed by atoms with van der Waals surface area (Å²) >= 11 is 0. The zero-order valence-corrected chi connectivity index (χ0v) is 13.9. The fraction of sp³-hybridized carbons (Fsp3) is 0.500. The highest BCUT2D eigenvalue weighted by atomic mass is 19.4. The molecule has 0 unspecified atom stereocenters. The molecule has 2 aliphatic rings. The van der Waals surface area contributed by atoms with Crippen LogP contribution in [-0.4, -0.2) is 26.8 Å². The van der Waals surface area contributed by atoms with Crippen LogP contribution in [-0.2, 0) is 6.18 Å². The van der Waals surface area contributed by atoms with Gasteiger partial charge in [0.25, 0.3) is 0 Å². The Morgan fingerprint density at radius 3 is 2.69 bits per heavy atom. The van der Waals surface area contributed by atoms with Crippen LogP contribution in [0, 0.1) is 17.2 Å². The second-order valence-corrected chi connectivity index (χ2v) is 6.55. The summed E-state index contributed by atoms with van der Waals surface area (Å²) in [5.41, 5.74) is 0.611. The molecule has 7 nitrogen and oxygen atoms in total. The first kappa shape index (κ1) is 16.6. The Bertz CT molecular complexity index is 879. The first-order chi connectivity index (χ1) is 12.4. The van der Waals surface area contributed by atoms with Crippen LogP contribution in [0.2, 0.25) is 0 Å². The summed E-state index contributed by atoms with van der Waals surface area (Å²) in [6.07, 6.45) is 0.827. The monoisotopic (exact) mass is 363 g/mol. The van der Waals surface area contributed by atoms with E-state index >= 15 is 0 Å². The van der Waals surface area contributed by atoms with Crippen molar-refractivity contribution < 1.29 is 13.2 Å². The second-order valence-electron chi connectivity index (χ2n) is 6.55. The van der Waals surface area contributed by atoms with Gasteiger partial charge in [-0.3, -0.25) is 4.68 Å². The third kappa shape index (κ3) is 3.05. The molecule has 4 rings (SSSR count). The Morgan fingerprint density at radius 2 is 2.12 bits per heavy atom. The van der Waals surface area contributed by atoms with Gasteiger partial charge < -0.3 is 10.6 Å². The minimum Gasteiger partial charge on any atom is -0.372 e. The molecule has 0 saturated heterocycles. The molecule has 2 N–H and O–H groups in total. The van der Waals surface area contributed by atoms with Gasteiger partial charge in [-0.25, -0.2) is 4.98 Å². The van der Waals surface area contributed by atoms with Gasteiger partial charge in [0.1, 0.15) is 11.4 Å². The van der Waals surface area contributed by atoms with Gasteiger partial charge in [0, 0.05) is 25.4 Å². The minimum absolute atomic E-state index is 0.0342. The average Bonchev–Trinajstić information content (AvgIpc) is 3.52. The number of hydrogen-bond donors (Lipinski definition) is 2. The lowest BCUT2D eigenvalue weighted by atomic mass is 10.2. The molecule has 2 saturated carbocycles. The predicted molar refractivity (Wildman–Crippen MR) is 86.8 cm³/mol. The molecule has 0 aliphatic heterocycles. The van der Waals surface area contributed by atoms with Crippen molar-refractivity contribution in [2.75, 3.05) is 17.7 Å². The van der Waals surface area contributed by atoms with Crippen molar-refractivity contribution in [1.82, 2.24) is 19.7 Å². The maximum atomic E-state index is 13.0. The number of hydrogen-bond acceptors (Lipinski definition) is 6. The standard InChI is InChI=1S/C16H16F3N7/c1-21-14-10(16(17,18)19)6-22-15(24-14)23-11-7-26(12-4-9(12)5-20)25-13(11)8-2-3-8/h6-9,12H,2-4H2,1H3,(H2,21,22,23,24)/t9-,12-/m1/s1. The first-order valence-corrected chi connectivity index (χ1v) is 8.28. The molecule has 10 heteroatoms. The number of halogens is 3. The molecular weight excluding hydrogens is 347 g/mol. The minimum atomic E-state index is -4.53. The smallest absolute Gasteiger partial charge is 0.372 e. The molecular formula is C16H16F3N7. The molecule has 2 fully saturated rings. The number of aromatic nitrogens is 4. The van der Waals surface area contributed by atoms with E-state index in [1.54, 1.807) is 10.9 Å². The SMILES string of the molecule is CNc1nc(Nc2cn([C@@H]3C[C@@H]3C#N)nc2C2CC2)ncc1C(F)(F)F. The maximum absolute atomic E-state index is 13.0. The normalized spacial score (nSPS) is 22.0. The molecule has 0 radical (unpaired) electrons. The predicted octanol–water partition coefficient (Wildman–Crippen LogP) is 3.44. The lowest BCUT2D eigenvalue weighted by Gasteiger charge is -2.12. The van der Waals surface area contributed by atoms with E-state index in [4.69, 9.17) is 5.26 Å². The zero-order chi connectivity index (χ0) is 18.5. The van der Waals surface area contributed by atoms with Crippen molar-refractivity contribution in [3.05, 3.63) is 23.7 Å². The number of nitrogens with zero attached hydrogens (tertiary/aromatic N) is 5. The maximum Gasteiger partial charge on any atom is 0.421 e. The van der Waals surface area contributed by atoms with Gasteiger partial charge in [0.15, 0.2) is 0 Å². The lowest BCUT2D eigenvalue weighted by Crippen LogP contribution is -2.12. The van der Waals surface area contributed by atoms with Crippen molar-refractivity contribution in [3.8, 4) is 6.07 Å². The van der Waals surface area contributed by atoms with Crippen LogP contribution >= 0.6 is 0 Å². The number of alkyl halides is 3. The van der Waals surface area contributed by atoms with Crippen LogP contribution in [0.3, 0.4) is 0 Å². The third-order valence-electron chi connectivity index (χ3n) is 4.56. The highest BCUT2D eigenvalue weighted by Gasteiger charge is 2.41. The van der Waals surface area contributed by atoms with Gasteiger partial charge in [-0.1, -0.05) is 0 Å². The van der Waals surface area contributed by atoms with E-state index in [1.807, 2.05) is 0 Å². The Hall–Kier alpha value is -2.83. The van der Waals surface area contributed by atoms with Crippen molar-refractivity contribution >= 4 is 17.5 Å². The van der Waals surface area contributed by atoms with Crippen LogP contribution in [0.4, 0.5) is 30.6 Å². The summed E-state index contributed by atoms with van der Waals surface area (Å²) in [6, 6.07) is 2.29. The molecule has 0 bridgehead atoms. The van der Waals surface area contributed by atoms with E-state index in [9.17, 15) is 13.2 Å². The molecule has 2 aromatic heterocycles. The summed E-state index contributed by atoms with van der Waals surface area (Å²) in [5.74, 6) is 0.0720. The van der Waals surface area contributed by atoms with Crippen LogP contribution < -0.4 is 10.6 Å². The fourth-order valence-electron chi connectivity index (χ4n) is 2.90. The third-order valence-corrected chi connectivity index (χ3v) is 4.56. The molecule has 136 valence electrons. The van der Waals surface area contributed by atoms with E-state index in [0.717, 1.165) is 31.2 Å². The summed E-state index contributed by atoms with van der Waals surface area (Å²) in [5, 5.41) is 19.0.